The first-order valence-corrected chi connectivity index (χ1v) is 8.19. The third-order valence-corrected chi connectivity index (χ3v) is 3.88. The zero-order valence-corrected chi connectivity index (χ0v) is 14.1. The number of benzene rings is 2. The molecule has 3 aromatic rings. The van der Waals surface area contributed by atoms with Crippen molar-refractivity contribution < 1.29 is 9.53 Å². The number of para-hydroxylation sites is 2. The number of nitrogens with zero attached hydrogens (tertiary/aromatic N) is 2. The van der Waals surface area contributed by atoms with E-state index in [4.69, 9.17) is 4.74 Å². The molecular formula is C21H20N2O2. The van der Waals surface area contributed by atoms with E-state index in [1.54, 1.807) is 24.2 Å². The smallest absolute Gasteiger partial charge is 0.246 e. The number of carbonyl (C=O) groups excluding carboxylic acids is 1. The van der Waals surface area contributed by atoms with Gasteiger partial charge in [0.2, 0.25) is 5.91 Å². The molecule has 4 heteroatoms. The van der Waals surface area contributed by atoms with Crippen molar-refractivity contribution in [1.29, 1.82) is 0 Å². The summed E-state index contributed by atoms with van der Waals surface area (Å²) in [6.45, 7) is 0.974. The number of amides is 1. The van der Waals surface area contributed by atoms with E-state index in [0.717, 1.165) is 22.2 Å². The Morgan fingerprint density at radius 3 is 2.72 bits per heavy atom. The van der Waals surface area contributed by atoms with Gasteiger partial charge < -0.3 is 9.64 Å². The molecule has 0 aliphatic heterocycles. The SMILES string of the molecule is CN(CCOc1ccccc1)C(=O)/C=C/c1cccc2cccnc12. The summed E-state index contributed by atoms with van der Waals surface area (Å²) in [4.78, 5) is 18.3. The van der Waals surface area contributed by atoms with Crippen LogP contribution in [0, 0.1) is 0 Å². The normalized spacial score (nSPS) is 10.9. The topological polar surface area (TPSA) is 42.4 Å². The maximum absolute atomic E-state index is 12.3. The summed E-state index contributed by atoms with van der Waals surface area (Å²) in [5.41, 5.74) is 1.82. The maximum atomic E-state index is 12.3. The van der Waals surface area contributed by atoms with Crippen molar-refractivity contribution in [3.05, 3.63) is 78.5 Å². The number of hydrogen-bond donors (Lipinski definition) is 0. The average molecular weight is 332 g/mol. The zero-order valence-electron chi connectivity index (χ0n) is 14.1. The molecule has 0 saturated heterocycles. The highest BCUT2D eigenvalue weighted by molar-refractivity contribution is 5.95. The first-order valence-electron chi connectivity index (χ1n) is 8.19. The van der Waals surface area contributed by atoms with Gasteiger partial charge in [-0.05, 0) is 24.3 Å². The van der Waals surface area contributed by atoms with E-state index in [0.29, 0.717) is 13.2 Å². The minimum Gasteiger partial charge on any atom is -0.492 e. The highest BCUT2D eigenvalue weighted by Gasteiger charge is 2.05. The van der Waals surface area contributed by atoms with E-state index in [1.807, 2.05) is 66.7 Å². The number of fused-ring (bicyclic) bond motifs is 1. The fourth-order valence-electron chi connectivity index (χ4n) is 2.48. The molecule has 0 aliphatic rings. The molecule has 4 nitrogen and oxygen atoms in total. The summed E-state index contributed by atoms with van der Waals surface area (Å²) in [6.07, 6.45) is 5.15. The van der Waals surface area contributed by atoms with Gasteiger partial charge in [-0.3, -0.25) is 9.78 Å². The molecular weight excluding hydrogens is 312 g/mol. The predicted octanol–water partition coefficient (Wildman–Crippen LogP) is 3.79. The molecule has 0 N–H and O–H groups in total. The summed E-state index contributed by atoms with van der Waals surface area (Å²) in [6, 6.07) is 19.4. The second-order valence-electron chi connectivity index (χ2n) is 5.68. The van der Waals surface area contributed by atoms with E-state index in [-0.39, 0.29) is 5.91 Å². The van der Waals surface area contributed by atoms with Gasteiger partial charge in [-0.15, -0.1) is 0 Å². The Bertz CT molecular complexity index is 870. The van der Waals surface area contributed by atoms with Crippen molar-refractivity contribution in [2.75, 3.05) is 20.2 Å². The molecule has 0 aliphatic carbocycles. The van der Waals surface area contributed by atoms with Crippen molar-refractivity contribution in [1.82, 2.24) is 9.88 Å². The zero-order chi connectivity index (χ0) is 17.5. The molecule has 1 aromatic heterocycles. The number of rotatable bonds is 6. The molecule has 0 bridgehead atoms. The highest BCUT2D eigenvalue weighted by Crippen LogP contribution is 2.17. The number of likely N-dealkylation sites (N-methyl/N-ethyl adjacent to an activating group) is 1. The van der Waals surface area contributed by atoms with Gasteiger partial charge in [0.05, 0.1) is 12.1 Å². The van der Waals surface area contributed by atoms with Gasteiger partial charge in [0.15, 0.2) is 0 Å². The van der Waals surface area contributed by atoms with Gasteiger partial charge in [-0.2, -0.15) is 0 Å². The summed E-state index contributed by atoms with van der Waals surface area (Å²) in [5.74, 6) is 0.741. The van der Waals surface area contributed by atoms with Gasteiger partial charge in [-0.25, -0.2) is 0 Å². The van der Waals surface area contributed by atoms with Crippen LogP contribution in [0.1, 0.15) is 5.56 Å². The third kappa shape index (κ3) is 4.44. The Labute approximate surface area is 147 Å². The number of pyridine rings is 1. The minimum atomic E-state index is -0.0652. The molecule has 0 radical (unpaired) electrons. The van der Waals surface area contributed by atoms with Crippen molar-refractivity contribution in [2.45, 2.75) is 0 Å². The third-order valence-electron chi connectivity index (χ3n) is 3.88. The van der Waals surface area contributed by atoms with E-state index in [1.165, 1.54) is 0 Å². The molecule has 3 rings (SSSR count). The first-order chi connectivity index (χ1) is 12.2. The van der Waals surface area contributed by atoms with Crippen LogP contribution >= 0.6 is 0 Å². The summed E-state index contributed by atoms with van der Waals surface area (Å²) < 4.78 is 5.62. The fraction of sp³-hybridized carbons (Fsp3) is 0.143. The standard InChI is InChI=1S/C21H20N2O2/c1-23(15-16-25-19-10-3-2-4-11-19)20(24)13-12-18-8-5-7-17-9-6-14-22-21(17)18/h2-14H,15-16H2,1H3/b13-12+. The van der Waals surface area contributed by atoms with Crippen LogP contribution in [0.3, 0.4) is 0 Å². The Morgan fingerprint density at radius 2 is 1.88 bits per heavy atom. The second-order valence-corrected chi connectivity index (χ2v) is 5.68. The lowest BCUT2D eigenvalue weighted by atomic mass is 10.1. The number of aromatic nitrogens is 1. The molecule has 0 saturated carbocycles. The molecule has 25 heavy (non-hydrogen) atoms. The predicted molar refractivity (Wildman–Crippen MR) is 100 cm³/mol. The maximum Gasteiger partial charge on any atom is 0.246 e. The minimum absolute atomic E-state index is 0.0652. The van der Waals surface area contributed by atoms with Crippen LogP contribution in [-0.2, 0) is 4.79 Å². The molecule has 126 valence electrons. The largest absolute Gasteiger partial charge is 0.492 e. The van der Waals surface area contributed by atoms with Crippen LogP contribution in [0.25, 0.3) is 17.0 Å². The summed E-state index contributed by atoms with van der Waals surface area (Å²) >= 11 is 0. The monoisotopic (exact) mass is 332 g/mol. The van der Waals surface area contributed by atoms with Crippen LogP contribution in [0.4, 0.5) is 0 Å². The lowest BCUT2D eigenvalue weighted by Crippen LogP contribution is -2.29. The van der Waals surface area contributed by atoms with Gasteiger partial charge in [0, 0.05) is 30.3 Å². The second kappa shape index (κ2) is 8.11. The summed E-state index contributed by atoms with van der Waals surface area (Å²) in [5, 5.41) is 1.06. The van der Waals surface area contributed by atoms with Crippen molar-refractivity contribution in [2.24, 2.45) is 0 Å². The molecule has 1 amide bonds. The number of ether oxygens (including phenoxy) is 1. The molecule has 2 aromatic carbocycles. The number of hydrogen-bond acceptors (Lipinski definition) is 3. The van der Waals surface area contributed by atoms with Gasteiger partial charge in [0.25, 0.3) is 0 Å². The summed E-state index contributed by atoms with van der Waals surface area (Å²) in [7, 11) is 1.77. The van der Waals surface area contributed by atoms with Crippen molar-refractivity contribution in [3.8, 4) is 5.75 Å². The lowest BCUT2D eigenvalue weighted by Gasteiger charge is -2.15. The molecule has 0 atom stereocenters. The Kier molecular flexibility index (Phi) is 5.42. The van der Waals surface area contributed by atoms with E-state index >= 15 is 0 Å². The van der Waals surface area contributed by atoms with Crippen LogP contribution in [0.15, 0.2) is 72.9 Å². The molecule has 0 unspecified atom stereocenters. The van der Waals surface area contributed by atoms with Crippen LogP contribution < -0.4 is 4.74 Å². The quantitative estimate of drug-likeness (QED) is 0.645. The first kappa shape index (κ1) is 16.7. The lowest BCUT2D eigenvalue weighted by molar-refractivity contribution is -0.125. The van der Waals surface area contributed by atoms with Crippen LogP contribution in [-0.4, -0.2) is 36.0 Å². The fourth-order valence-corrected chi connectivity index (χ4v) is 2.48. The van der Waals surface area contributed by atoms with E-state index in [2.05, 4.69) is 4.98 Å². The van der Waals surface area contributed by atoms with Crippen molar-refractivity contribution in [3.63, 3.8) is 0 Å². The Balaban J connectivity index is 1.58. The average Bonchev–Trinajstić information content (AvgIpc) is 2.66. The van der Waals surface area contributed by atoms with Gasteiger partial charge in [-0.1, -0.05) is 42.5 Å². The Hall–Kier alpha value is -3.14. The van der Waals surface area contributed by atoms with Gasteiger partial charge >= 0.3 is 0 Å². The van der Waals surface area contributed by atoms with Crippen molar-refractivity contribution >= 4 is 22.9 Å². The van der Waals surface area contributed by atoms with E-state index < -0.39 is 0 Å². The van der Waals surface area contributed by atoms with Crippen LogP contribution in [0.2, 0.25) is 0 Å². The highest BCUT2D eigenvalue weighted by atomic mass is 16.5. The Morgan fingerprint density at radius 1 is 1.08 bits per heavy atom. The molecule has 0 fully saturated rings. The number of carbonyl (C=O) groups is 1. The molecule has 1 heterocycles. The van der Waals surface area contributed by atoms with Gasteiger partial charge in [0.1, 0.15) is 12.4 Å². The molecule has 0 spiro atoms. The van der Waals surface area contributed by atoms with Crippen LogP contribution in [0.5, 0.6) is 5.75 Å². The van der Waals surface area contributed by atoms with E-state index in [9.17, 15) is 4.79 Å².